The van der Waals surface area contributed by atoms with Gasteiger partial charge in [0.05, 0.1) is 6.54 Å². The van der Waals surface area contributed by atoms with Crippen molar-refractivity contribution >= 4 is 28.8 Å². The molecular formula is C16H18N2O2S. The second-order valence-corrected chi connectivity index (χ2v) is 5.58. The summed E-state index contributed by atoms with van der Waals surface area (Å²) < 4.78 is 0. The summed E-state index contributed by atoms with van der Waals surface area (Å²) in [5, 5.41) is 6.80. The van der Waals surface area contributed by atoms with Gasteiger partial charge in [-0.3, -0.25) is 9.59 Å². The molecule has 0 spiro atoms. The Balaban J connectivity index is 1.76. The Morgan fingerprint density at radius 3 is 2.62 bits per heavy atom. The Labute approximate surface area is 128 Å². The van der Waals surface area contributed by atoms with E-state index in [4.69, 9.17) is 0 Å². The van der Waals surface area contributed by atoms with Crippen molar-refractivity contribution in [3.05, 3.63) is 52.7 Å². The van der Waals surface area contributed by atoms with Gasteiger partial charge in [0.15, 0.2) is 0 Å². The number of para-hydroxylation sites is 1. The number of benzene rings is 1. The predicted molar refractivity (Wildman–Crippen MR) is 85.3 cm³/mol. The lowest BCUT2D eigenvalue weighted by Crippen LogP contribution is -2.35. The van der Waals surface area contributed by atoms with Gasteiger partial charge in [0.2, 0.25) is 11.8 Å². The monoisotopic (exact) mass is 302 g/mol. The van der Waals surface area contributed by atoms with Crippen molar-refractivity contribution in [2.45, 2.75) is 12.8 Å². The third-order valence-electron chi connectivity index (χ3n) is 3.07. The van der Waals surface area contributed by atoms with Gasteiger partial charge in [0.1, 0.15) is 0 Å². The van der Waals surface area contributed by atoms with E-state index in [9.17, 15) is 9.59 Å². The zero-order chi connectivity index (χ0) is 15.1. The van der Waals surface area contributed by atoms with Crippen LogP contribution in [-0.4, -0.2) is 30.3 Å². The summed E-state index contributed by atoms with van der Waals surface area (Å²) >= 11 is 1.62. The quantitative estimate of drug-likeness (QED) is 0.892. The highest BCUT2D eigenvalue weighted by molar-refractivity contribution is 7.07. The second-order valence-electron chi connectivity index (χ2n) is 4.80. The van der Waals surface area contributed by atoms with E-state index in [1.54, 1.807) is 18.4 Å². The molecule has 1 heterocycles. The molecule has 0 atom stereocenters. The molecule has 0 aliphatic heterocycles. The fourth-order valence-corrected chi connectivity index (χ4v) is 2.61. The Morgan fingerprint density at radius 1 is 1.19 bits per heavy atom. The van der Waals surface area contributed by atoms with Crippen molar-refractivity contribution in [2.24, 2.45) is 0 Å². The SMILES string of the molecule is CN(CC(=O)Nc1ccccc1)C(=O)CCc1ccsc1. The number of carbonyl (C=O) groups excluding carboxylic acids is 2. The van der Waals surface area contributed by atoms with Crippen molar-refractivity contribution in [3.8, 4) is 0 Å². The van der Waals surface area contributed by atoms with Crippen LogP contribution in [0.15, 0.2) is 47.2 Å². The lowest BCUT2D eigenvalue weighted by molar-refractivity contribution is -0.133. The van der Waals surface area contributed by atoms with Crippen molar-refractivity contribution in [2.75, 3.05) is 18.9 Å². The molecule has 2 amide bonds. The lowest BCUT2D eigenvalue weighted by Gasteiger charge is -2.16. The van der Waals surface area contributed by atoms with E-state index in [1.165, 1.54) is 4.90 Å². The van der Waals surface area contributed by atoms with E-state index >= 15 is 0 Å². The summed E-state index contributed by atoms with van der Waals surface area (Å²) in [5.41, 5.74) is 1.90. The van der Waals surface area contributed by atoms with Gasteiger partial charge in [0, 0.05) is 19.2 Å². The summed E-state index contributed by atoms with van der Waals surface area (Å²) in [6.45, 7) is 0.0668. The maximum atomic E-state index is 12.0. The van der Waals surface area contributed by atoms with E-state index in [1.807, 2.05) is 47.2 Å². The van der Waals surface area contributed by atoms with E-state index in [0.29, 0.717) is 12.8 Å². The minimum absolute atomic E-state index is 0.0237. The van der Waals surface area contributed by atoms with Gasteiger partial charge in [-0.15, -0.1) is 0 Å². The highest BCUT2D eigenvalue weighted by Gasteiger charge is 2.13. The molecule has 0 aliphatic carbocycles. The number of thiophene rings is 1. The van der Waals surface area contributed by atoms with Gasteiger partial charge >= 0.3 is 0 Å². The summed E-state index contributed by atoms with van der Waals surface area (Å²) in [5.74, 6) is -0.211. The number of nitrogens with one attached hydrogen (secondary N) is 1. The molecule has 0 bridgehead atoms. The van der Waals surface area contributed by atoms with Crippen LogP contribution in [0.1, 0.15) is 12.0 Å². The molecule has 1 aromatic carbocycles. The molecule has 0 aliphatic rings. The maximum Gasteiger partial charge on any atom is 0.243 e. The third kappa shape index (κ3) is 5.04. The van der Waals surface area contributed by atoms with Crippen molar-refractivity contribution in [1.82, 2.24) is 4.90 Å². The molecule has 5 heteroatoms. The average Bonchev–Trinajstić information content (AvgIpc) is 2.98. The molecule has 0 fully saturated rings. The van der Waals surface area contributed by atoms with Crippen LogP contribution in [0.5, 0.6) is 0 Å². The summed E-state index contributed by atoms with van der Waals surface area (Å²) in [4.78, 5) is 25.3. The van der Waals surface area contributed by atoms with Crippen LogP contribution in [0, 0.1) is 0 Å². The number of nitrogens with zero attached hydrogens (tertiary/aromatic N) is 1. The first-order valence-corrected chi connectivity index (χ1v) is 7.69. The lowest BCUT2D eigenvalue weighted by atomic mass is 10.2. The molecule has 1 N–H and O–H groups in total. The summed E-state index contributed by atoms with van der Waals surface area (Å²) in [7, 11) is 1.65. The van der Waals surface area contributed by atoms with Crippen LogP contribution < -0.4 is 5.32 Å². The van der Waals surface area contributed by atoms with E-state index in [2.05, 4.69) is 5.32 Å². The number of amides is 2. The topological polar surface area (TPSA) is 49.4 Å². The first-order chi connectivity index (χ1) is 10.1. The van der Waals surface area contributed by atoms with Gasteiger partial charge in [-0.1, -0.05) is 18.2 Å². The number of likely N-dealkylation sites (N-methyl/N-ethyl adjacent to an activating group) is 1. The minimum Gasteiger partial charge on any atom is -0.336 e. The number of hydrogen-bond acceptors (Lipinski definition) is 3. The number of aryl methyl sites for hydroxylation is 1. The number of rotatable bonds is 6. The summed E-state index contributed by atoms with van der Waals surface area (Å²) in [6.07, 6.45) is 1.14. The van der Waals surface area contributed by atoms with E-state index < -0.39 is 0 Å². The fourth-order valence-electron chi connectivity index (χ4n) is 1.90. The summed E-state index contributed by atoms with van der Waals surface area (Å²) in [6, 6.07) is 11.2. The Bertz CT molecular complexity index is 582. The van der Waals surface area contributed by atoms with Crippen LogP contribution in [-0.2, 0) is 16.0 Å². The standard InChI is InChI=1S/C16H18N2O2S/c1-18(16(20)8-7-13-9-10-21-12-13)11-15(19)17-14-5-3-2-4-6-14/h2-6,9-10,12H,7-8,11H2,1H3,(H,17,19). The van der Waals surface area contributed by atoms with Gasteiger partial charge in [0.25, 0.3) is 0 Å². The van der Waals surface area contributed by atoms with Gasteiger partial charge in [-0.2, -0.15) is 11.3 Å². The predicted octanol–water partition coefficient (Wildman–Crippen LogP) is 2.78. The number of hydrogen-bond donors (Lipinski definition) is 1. The smallest absolute Gasteiger partial charge is 0.243 e. The molecule has 21 heavy (non-hydrogen) atoms. The van der Waals surface area contributed by atoms with Crippen LogP contribution in [0.3, 0.4) is 0 Å². The molecule has 4 nitrogen and oxygen atoms in total. The number of anilines is 1. The molecule has 0 unspecified atom stereocenters. The maximum absolute atomic E-state index is 12.0. The molecular weight excluding hydrogens is 284 g/mol. The third-order valence-corrected chi connectivity index (χ3v) is 3.80. The van der Waals surface area contributed by atoms with E-state index in [-0.39, 0.29) is 18.4 Å². The Morgan fingerprint density at radius 2 is 1.95 bits per heavy atom. The zero-order valence-corrected chi connectivity index (χ0v) is 12.7. The van der Waals surface area contributed by atoms with E-state index in [0.717, 1.165) is 11.3 Å². The minimum atomic E-state index is -0.187. The molecule has 0 radical (unpaired) electrons. The second kappa shape index (κ2) is 7.59. The first-order valence-electron chi connectivity index (χ1n) is 6.75. The van der Waals surface area contributed by atoms with Crippen LogP contribution >= 0.6 is 11.3 Å². The first kappa shape index (κ1) is 15.3. The molecule has 2 rings (SSSR count). The van der Waals surface area contributed by atoms with Crippen molar-refractivity contribution in [3.63, 3.8) is 0 Å². The molecule has 0 saturated heterocycles. The van der Waals surface area contributed by atoms with Crippen LogP contribution in [0.25, 0.3) is 0 Å². The fraction of sp³-hybridized carbons (Fsp3) is 0.250. The highest BCUT2D eigenvalue weighted by Crippen LogP contribution is 2.09. The van der Waals surface area contributed by atoms with Crippen LogP contribution in [0.4, 0.5) is 5.69 Å². The normalized spacial score (nSPS) is 10.1. The number of carbonyl (C=O) groups is 2. The van der Waals surface area contributed by atoms with Gasteiger partial charge in [-0.25, -0.2) is 0 Å². The molecule has 0 saturated carbocycles. The van der Waals surface area contributed by atoms with Crippen molar-refractivity contribution in [1.29, 1.82) is 0 Å². The molecule has 2 aromatic rings. The average molecular weight is 302 g/mol. The Hall–Kier alpha value is -2.14. The highest BCUT2D eigenvalue weighted by atomic mass is 32.1. The van der Waals surface area contributed by atoms with Gasteiger partial charge in [-0.05, 0) is 40.9 Å². The zero-order valence-electron chi connectivity index (χ0n) is 11.9. The largest absolute Gasteiger partial charge is 0.336 e. The van der Waals surface area contributed by atoms with Crippen LogP contribution in [0.2, 0.25) is 0 Å². The molecule has 110 valence electrons. The van der Waals surface area contributed by atoms with Crippen molar-refractivity contribution < 1.29 is 9.59 Å². The molecule has 1 aromatic heterocycles. The Kier molecular flexibility index (Phi) is 5.51. The van der Waals surface area contributed by atoms with Gasteiger partial charge < -0.3 is 10.2 Å².